The minimum absolute atomic E-state index is 0.167. The molecule has 0 aliphatic heterocycles. The Bertz CT molecular complexity index is 1910. The van der Waals surface area contributed by atoms with Crippen molar-refractivity contribution in [1.82, 2.24) is 15.0 Å². The van der Waals surface area contributed by atoms with Gasteiger partial charge in [-0.2, -0.15) is 9.97 Å². The van der Waals surface area contributed by atoms with E-state index in [0.717, 1.165) is 55.3 Å². The average molecular weight is 510 g/mol. The molecule has 5 heteroatoms. The van der Waals surface area contributed by atoms with Gasteiger partial charge in [0.25, 0.3) is 0 Å². The molecule has 2 aromatic heterocycles. The zero-order valence-electron chi connectivity index (χ0n) is 20.2. The topological polar surface area (TPSA) is 51.8 Å². The molecule has 0 aliphatic rings. The Morgan fingerprint density at radius 1 is 0.474 bits per heavy atom. The van der Waals surface area contributed by atoms with Crippen molar-refractivity contribution in [3.05, 3.63) is 127 Å². The quantitative estimate of drug-likeness (QED) is 0.237. The van der Waals surface area contributed by atoms with Crippen LogP contribution < -0.4 is 0 Å². The zero-order valence-corrected chi connectivity index (χ0v) is 20.9. The number of fused-ring (bicyclic) bond motifs is 3. The summed E-state index contributed by atoms with van der Waals surface area (Å²) in [6.45, 7) is 0. The Morgan fingerprint density at radius 3 is 1.76 bits per heavy atom. The van der Waals surface area contributed by atoms with Crippen molar-refractivity contribution in [1.29, 1.82) is 0 Å². The van der Waals surface area contributed by atoms with Crippen LogP contribution in [0.5, 0.6) is 0 Å². The number of rotatable bonds is 4. The number of hydrogen-bond donors (Lipinski definition) is 0. The lowest BCUT2D eigenvalue weighted by molar-refractivity contribution is 0.669. The molecule has 0 fully saturated rings. The third-order valence-electron chi connectivity index (χ3n) is 6.68. The van der Waals surface area contributed by atoms with E-state index < -0.39 is 0 Å². The molecule has 38 heavy (non-hydrogen) atoms. The molecule has 0 unspecified atom stereocenters. The van der Waals surface area contributed by atoms with E-state index in [1.807, 2.05) is 60.7 Å². The van der Waals surface area contributed by atoms with Crippen molar-refractivity contribution in [3.8, 4) is 45.0 Å². The summed E-state index contributed by atoms with van der Waals surface area (Å²) in [5, 5.41) is 2.41. The Labute approximate surface area is 224 Å². The van der Waals surface area contributed by atoms with Gasteiger partial charge in [0.15, 0.2) is 11.6 Å². The van der Waals surface area contributed by atoms with Crippen LogP contribution >= 0.6 is 11.6 Å². The van der Waals surface area contributed by atoms with Crippen molar-refractivity contribution in [2.24, 2.45) is 0 Å². The number of nitrogens with zero attached hydrogens (tertiary/aromatic N) is 3. The van der Waals surface area contributed by atoms with Crippen LogP contribution in [0.4, 0.5) is 0 Å². The predicted molar refractivity (Wildman–Crippen MR) is 154 cm³/mol. The van der Waals surface area contributed by atoms with Gasteiger partial charge < -0.3 is 4.42 Å². The van der Waals surface area contributed by atoms with E-state index in [2.05, 4.69) is 75.6 Å². The van der Waals surface area contributed by atoms with Gasteiger partial charge >= 0.3 is 0 Å². The molecule has 7 rings (SSSR count). The molecule has 0 amide bonds. The summed E-state index contributed by atoms with van der Waals surface area (Å²) in [6, 6.07) is 40.9. The number of aromatic nitrogens is 3. The van der Waals surface area contributed by atoms with Crippen LogP contribution in [-0.4, -0.2) is 15.0 Å². The van der Waals surface area contributed by atoms with Crippen molar-refractivity contribution >= 4 is 33.5 Å². The molecule has 0 spiro atoms. The van der Waals surface area contributed by atoms with Crippen LogP contribution in [0.25, 0.3) is 67.0 Å². The van der Waals surface area contributed by atoms with Gasteiger partial charge in [0.05, 0.1) is 0 Å². The molecule has 0 bridgehead atoms. The molecule has 2 heterocycles. The lowest BCUT2D eigenvalue weighted by atomic mass is 9.94. The minimum atomic E-state index is 0.167. The van der Waals surface area contributed by atoms with Crippen LogP contribution in [0.3, 0.4) is 0 Å². The summed E-state index contributed by atoms with van der Waals surface area (Å²) in [4.78, 5) is 13.4. The Hall–Kier alpha value is -4.80. The number of halogens is 1. The van der Waals surface area contributed by atoms with E-state index in [9.17, 15) is 0 Å². The molecular formula is C33H20ClN3O. The highest BCUT2D eigenvalue weighted by Gasteiger charge is 2.15. The minimum Gasteiger partial charge on any atom is -0.456 e. The first kappa shape index (κ1) is 22.4. The van der Waals surface area contributed by atoms with Crippen LogP contribution in [0.2, 0.25) is 5.28 Å². The molecule has 0 saturated heterocycles. The van der Waals surface area contributed by atoms with Crippen molar-refractivity contribution in [3.63, 3.8) is 0 Å². The molecule has 0 saturated carbocycles. The summed E-state index contributed by atoms with van der Waals surface area (Å²) in [7, 11) is 0. The molecule has 0 radical (unpaired) electrons. The third kappa shape index (κ3) is 4.01. The van der Waals surface area contributed by atoms with Gasteiger partial charge in [0.2, 0.25) is 5.28 Å². The van der Waals surface area contributed by atoms with Gasteiger partial charge in [-0.1, -0.05) is 103 Å². The van der Waals surface area contributed by atoms with E-state index in [1.165, 1.54) is 0 Å². The molecule has 7 aromatic rings. The summed E-state index contributed by atoms with van der Waals surface area (Å²) in [6.07, 6.45) is 0. The summed E-state index contributed by atoms with van der Waals surface area (Å²) >= 11 is 6.27. The predicted octanol–water partition coefficient (Wildman–Crippen LogP) is 9.09. The standard InChI is InChI=1S/C33H20ClN3O/c34-33-36-31(23-11-5-2-6-12-23)35-32(37-33)24-17-15-21(16-18-24)25-19-27(22-9-3-1-4-10-22)30-26-13-7-8-14-28(26)38-29(30)20-25/h1-20H. The molecule has 0 N–H and O–H groups in total. The third-order valence-corrected chi connectivity index (χ3v) is 6.85. The second-order valence-corrected chi connectivity index (χ2v) is 9.39. The zero-order chi connectivity index (χ0) is 25.5. The van der Waals surface area contributed by atoms with Crippen LogP contribution in [0.1, 0.15) is 0 Å². The van der Waals surface area contributed by atoms with Gasteiger partial charge in [0, 0.05) is 21.9 Å². The Morgan fingerprint density at radius 2 is 1.05 bits per heavy atom. The smallest absolute Gasteiger partial charge is 0.226 e. The van der Waals surface area contributed by atoms with Crippen LogP contribution in [0, 0.1) is 0 Å². The summed E-state index contributed by atoms with van der Waals surface area (Å²) in [5.74, 6) is 1.08. The number of para-hydroxylation sites is 1. The summed E-state index contributed by atoms with van der Waals surface area (Å²) in [5.41, 5.74) is 7.93. The lowest BCUT2D eigenvalue weighted by Crippen LogP contribution is -1.97. The molecule has 0 atom stereocenters. The highest BCUT2D eigenvalue weighted by Crippen LogP contribution is 2.40. The second kappa shape index (κ2) is 9.25. The SMILES string of the molecule is Clc1nc(-c2ccccc2)nc(-c2ccc(-c3cc(-c4ccccc4)c4c(c3)oc3ccccc34)cc2)n1. The van der Waals surface area contributed by atoms with Crippen LogP contribution in [0.15, 0.2) is 126 Å². The highest BCUT2D eigenvalue weighted by atomic mass is 35.5. The van der Waals surface area contributed by atoms with Crippen molar-refractivity contribution < 1.29 is 4.42 Å². The van der Waals surface area contributed by atoms with Gasteiger partial charge in [-0.05, 0) is 52.1 Å². The largest absolute Gasteiger partial charge is 0.456 e. The Balaban J connectivity index is 1.33. The number of hydrogen-bond acceptors (Lipinski definition) is 4. The van der Waals surface area contributed by atoms with E-state index in [-0.39, 0.29) is 5.28 Å². The first-order valence-electron chi connectivity index (χ1n) is 12.3. The van der Waals surface area contributed by atoms with E-state index in [0.29, 0.717) is 11.6 Å². The van der Waals surface area contributed by atoms with Gasteiger partial charge in [0.1, 0.15) is 11.2 Å². The highest BCUT2D eigenvalue weighted by molar-refractivity contribution is 6.28. The fraction of sp³-hybridized carbons (Fsp3) is 0. The molecule has 5 aromatic carbocycles. The fourth-order valence-corrected chi connectivity index (χ4v) is 5.03. The molecule has 180 valence electrons. The first-order chi connectivity index (χ1) is 18.7. The van der Waals surface area contributed by atoms with Crippen molar-refractivity contribution in [2.75, 3.05) is 0 Å². The van der Waals surface area contributed by atoms with E-state index in [1.54, 1.807) is 0 Å². The van der Waals surface area contributed by atoms with E-state index >= 15 is 0 Å². The molecule has 0 aliphatic carbocycles. The number of benzene rings is 5. The maximum absolute atomic E-state index is 6.30. The van der Waals surface area contributed by atoms with Crippen LogP contribution in [-0.2, 0) is 0 Å². The number of furan rings is 1. The van der Waals surface area contributed by atoms with Crippen molar-refractivity contribution in [2.45, 2.75) is 0 Å². The lowest BCUT2D eigenvalue weighted by Gasteiger charge is -2.10. The monoisotopic (exact) mass is 509 g/mol. The second-order valence-electron chi connectivity index (χ2n) is 9.06. The maximum atomic E-state index is 6.30. The average Bonchev–Trinajstić information content (AvgIpc) is 3.36. The molecular weight excluding hydrogens is 490 g/mol. The van der Waals surface area contributed by atoms with Gasteiger partial charge in [-0.3, -0.25) is 0 Å². The normalized spacial score (nSPS) is 11.3. The molecule has 4 nitrogen and oxygen atoms in total. The van der Waals surface area contributed by atoms with Gasteiger partial charge in [-0.25, -0.2) is 4.98 Å². The maximum Gasteiger partial charge on any atom is 0.226 e. The first-order valence-corrected chi connectivity index (χ1v) is 12.7. The Kier molecular flexibility index (Phi) is 5.46. The summed E-state index contributed by atoms with van der Waals surface area (Å²) < 4.78 is 6.30. The fourth-order valence-electron chi connectivity index (χ4n) is 4.87. The van der Waals surface area contributed by atoms with Gasteiger partial charge in [-0.15, -0.1) is 0 Å². The van der Waals surface area contributed by atoms with E-state index in [4.69, 9.17) is 16.0 Å².